The third-order valence-corrected chi connectivity index (χ3v) is 2.36. The van der Waals surface area contributed by atoms with E-state index >= 15 is 0 Å². The van der Waals surface area contributed by atoms with E-state index in [1.54, 1.807) is 12.4 Å². The molecule has 0 saturated carbocycles. The number of carbonyl (C=O) groups is 1. The molecule has 0 spiro atoms. The number of aryl methyl sites for hydroxylation is 1. The number of hydrogen-bond donors (Lipinski definition) is 2. The molecule has 7 heteroatoms. The first kappa shape index (κ1) is 12.9. The highest BCUT2D eigenvalue weighted by atomic mass is 19.1. The van der Waals surface area contributed by atoms with Crippen LogP contribution in [-0.2, 0) is 6.54 Å². The van der Waals surface area contributed by atoms with Gasteiger partial charge in [-0.3, -0.25) is 9.97 Å². The fraction of sp³-hybridized carbons (Fsp3) is 0.167. The summed E-state index contributed by atoms with van der Waals surface area (Å²) >= 11 is 0. The van der Waals surface area contributed by atoms with Crippen LogP contribution in [0.4, 0.5) is 10.2 Å². The van der Waals surface area contributed by atoms with Gasteiger partial charge in [-0.1, -0.05) is 0 Å². The number of pyridine rings is 1. The van der Waals surface area contributed by atoms with Crippen molar-refractivity contribution in [2.24, 2.45) is 0 Å². The molecule has 2 heterocycles. The Hall–Kier alpha value is -2.57. The van der Waals surface area contributed by atoms with Gasteiger partial charge in [0.25, 0.3) is 0 Å². The van der Waals surface area contributed by atoms with Gasteiger partial charge in [-0.25, -0.2) is 14.2 Å². The number of aromatic carboxylic acids is 1. The second kappa shape index (κ2) is 5.38. The predicted octanol–water partition coefficient (Wildman–Crippen LogP) is 1.63. The van der Waals surface area contributed by atoms with Gasteiger partial charge in [0.05, 0.1) is 30.3 Å². The maximum Gasteiger partial charge on any atom is 0.339 e. The number of halogens is 1. The van der Waals surface area contributed by atoms with Crippen LogP contribution in [0.5, 0.6) is 0 Å². The largest absolute Gasteiger partial charge is 0.478 e. The zero-order valence-corrected chi connectivity index (χ0v) is 10.1. The Labute approximate surface area is 108 Å². The topological polar surface area (TPSA) is 88.0 Å². The molecule has 19 heavy (non-hydrogen) atoms. The molecule has 2 aromatic heterocycles. The van der Waals surface area contributed by atoms with E-state index in [-0.39, 0.29) is 17.9 Å². The normalized spacial score (nSPS) is 10.2. The minimum atomic E-state index is -1.25. The van der Waals surface area contributed by atoms with Crippen LogP contribution in [0.15, 0.2) is 24.7 Å². The van der Waals surface area contributed by atoms with E-state index in [2.05, 4.69) is 20.3 Å². The van der Waals surface area contributed by atoms with Gasteiger partial charge in [0.2, 0.25) is 0 Å². The van der Waals surface area contributed by atoms with Crippen LogP contribution in [0.3, 0.4) is 0 Å². The van der Waals surface area contributed by atoms with Gasteiger partial charge in [0, 0.05) is 6.20 Å². The van der Waals surface area contributed by atoms with Crippen LogP contribution in [0, 0.1) is 12.7 Å². The molecule has 2 rings (SSSR count). The maximum absolute atomic E-state index is 12.9. The molecule has 98 valence electrons. The van der Waals surface area contributed by atoms with Crippen LogP contribution >= 0.6 is 0 Å². The number of hydrogen-bond acceptors (Lipinski definition) is 5. The SMILES string of the molecule is Cc1cnc(CNc2ncc(F)cc2C(=O)O)cn1. The number of nitrogens with zero attached hydrogens (tertiary/aromatic N) is 3. The summed E-state index contributed by atoms with van der Waals surface area (Å²) in [7, 11) is 0. The molecule has 0 radical (unpaired) electrons. The molecule has 2 N–H and O–H groups in total. The second-order valence-electron chi connectivity index (χ2n) is 3.86. The predicted molar refractivity (Wildman–Crippen MR) is 65.3 cm³/mol. The second-order valence-corrected chi connectivity index (χ2v) is 3.86. The van der Waals surface area contributed by atoms with Crippen molar-refractivity contribution in [2.45, 2.75) is 13.5 Å². The lowest BCUT2D eigenvalue weighted by Gasteiger charge is -2.08. The monoisotopic (exact) mass is 262 g/mol. The number of carboxylic acid groups (broad SMARTS) is 1. The highest BCUT2D eigenvalue weighted by Crippen LogP contribution is 2.14. The molecule has 0 unspecified atom stereocenters. The van der Waals surface area contributed by atoms with Crippen molar-refractivity contribution >= 4 is 11.8 Å². The third-order valence-electron chi connectivity index (χ3n) is 2.36. The molecule has 0 bridgehead atoms. The first-order chi connectivity index (χ1) is 9.06. The number of aromatic nitrogens is 3. The molecule has 0 atom stereocenters. The van der Waals surface area contributed by atoms with Gasteiger partial charge in [-0.2, -0.15) is 0 Å². The number of nitrogens with one attached hydrogen (secondary N) is 1. The van der Waals surface area contributed by atoms with Crippen LogP contribution < -0.4 is 5.32 Å². The molecule has 0 aromatic carbocycles. The molecule has 0 aliphatic heterocycles. The summed E-state index contributed by atoms with van der Waals surface area (Å²) in [5.74, 6) is -1.85. The van der Waals surface area contributed by atoms with Gasteiger partial charge in [0.15, 0.2) is 0 Å². The van der Waals surface area contributed by atoms with E-state index < -0.39 is 11.8 Å². The van der Waals surface area contributed by atoms with Crippen molar-refractivity contribution in [3.8, 4) is 0 Å². The van der Waals surface area contributed by atoms with Gasteiger partial charge in [0.1, 0.15) is 17.2 Å². The first-order valence-electron chi connectivity index (χ1n) is 5.46. The highest BCUT2D eigenvalue weighted by Gasteiger charge is 2.12. The first-order valence-corrected chi connectivity index (χ1v) is 5.46. The molecule has 2 aromatic rings. The standard InChI is InChI=1S/C12H11FN4O2/c1-7-3-15-9(5-14-7)6-17-11-10(12(18)19)2-8(13)4-16-11/h2-5H,6H2,1H3,(H,16,17)(H,18,19). The van der Waals surface area contributed by atoms with Crippen molar-refractivity contribution in [2.75, 3.05) is 5.32 Å². The van der Waals surface area contributed by atoms with Crippen molar-refractivity contribution in [1.29, 1.82) is 0 Å². The minimum absolute atomic E-state index is 0.0938. The lowest BCUT2D eigenvalue weighted by atomic mass is 10.2. The zero-order valence-electron chi connectivity index (χ0n) is 10.1. The summed E-state index contributed by atoms with van der Waals surface area (Å²) in [6, 6.07) is 0.915. The van der Waals surface area contributed by atoms with E-state index in [9.17, 15) is 9.18 Å². The summed E-state index contributed by atoms with van der Waals surface area (Å²) in [4.78, 5) is 22.8. The Morgan fingerprint density at radius 3 is 2.74 bits per heavy atom. The molecule has 0 saturated heterocycles. The fourth-order valence-electron chi connectivity index (χ4n) is 1.43. The Morgan fingerprint density at radius 1 is 1.32 bits per heavy atom. The van der Waals surface area contributed by atoms with E-state index in [0.717, 1.165) is 18.0 Å². The van der Waals surface area contributed by atoms with Gasteiger partial charge >= 0.3 is 5.97 Å². The van der Waals surface area contributed by atoms with Crippen molar-refractivity contribution in [1.82, 2.24) is 15.0 Å². The van der Waals surface area contributed by atoms with E-state index in [1.165, 1.54) is 0 Å². The van der Waals surface area contributed by atoms with Crippen molar-refractivity contribution in [3.63, 3.8) is 0 Å². The fourth-order valence-corrected chi connectivity index (χ4v) is 1.43. The smallest absolute Gasteiger partial charge is 0.339 e. The van der Waals surface area contributed by atoms with E-state index in [0.29, 0.717) is 5.69 Å². The Morgan fingerprint density at radius 2 is 2.11 bits per heavy atom. The zero-order chi connectivity index (χ0) is 13.8. The Bertz CT molecular complexity index is 601. The molecule has 0 amide bonds. The summed E-state index contributed by atoms with van der Waals surface area (Å²) in [5, 5.41) is 11.7. The summed E-state index contributed by atoms with van der Waals surface area (Å²) < 4.78 is 12.9. The average Bonchev–Trinajstić information content (AvgIpc) is 2.39. The molecule has 0 fully saturated rings. The molecule has 6 nitrogen and oxygen atoms in total. The van der Waals surface area contributed by atoms with Gasteiger partial charge in [-0.05, 0) is 13.0 Å². The molecular formula is C12H11FN4O2. The average molecular weight is 262 g/mol. The summed E-state index contributed by atoms with van der Waals surface area (Å²) in [6.07, 6.45) is 4.13. The Balaban J connectivity index is 2.15. The number of anilines is 1. The molecule has 0 aliphatic carbocycles. The van der Waals surface area contributed by atoms with Crippen LogP contribution in [0.2, 0.25) is 0 Å². The van der Waals surface area contributed by atoms with Gasteiger partial charge < -0.3 is 10.4 Å². The molecular weight excluding hydrogens is 251 g/mol. The summed E-state index contributed by atoms with van der Waals surface area (Å²) in [5.41, 5.74) is 1.20. The van der Waals surface area contributed by atoms with Crippen LogP contribution in [0.25, 0.3) is 0 Å². The summed E-state index contributed by atoms with van der Waals surface area (Å²) in [6.45, 7) is 2.07. The maximum atomic E-state index is 12.9. The van der Waals surface area contributed by atoms with Crippen molar-refractivity contribution in [3.05, 3.63) is 47.4 Å². The lowest BCUT2D eigenvalue weighted by Crippen LogP contribution is -2.10. The third kappa shape index (κ3) is 3.21. The quantitative estimate of drug-likeness (QED) is 0.870. The van der Waals surface area contributed by atoms with Gasteiger partial charge in [-0.15, -0.1) is 0 Å². The van der Waals surface area contributed by atoms with Crippen LogP contribution in [-0.4, -0.2) is 26.0 Å². The highest BCUT2D eigenvalue weighted by molar-refractivity contribution is 5.93. The van der Waals surface area contributed by atoms with E-state index in [1.807, 2.05) is 6.92 Å². The van der Waals surface area contributed by atoms with Crippen molar-refractivity contribution < 1.29 is 14.3 Å². The number of carboxylic acids is 1. The Kier molecular flexibility index (Phi) is 3.65. The minimum Gasteiger partial charge on any atom is -0.478 e. The number of rotatable bonds is 4. The molecule has 0 aliphatic rings. The van der Waals surface area contributed by atoms with E-state index in [4.69, 9.17) is 5.11 Å². The van der Waals surface area contributed by atoms with Crippen LogP contribution in [0.1, 0.15) is 21.7 Å². The lowest BCUT2D eigenvalue weighted by molar-refractivity contribution is 0.0697.